The van der Waals surface area contributed by atoms with Gasteiger partial charge in [-0.1, -0.05) is 18.2 Å². The van der Waals surface area contributed by atoms with Crippen molar-refractivity contribution in [3.05, 3.63) is 35.5 Å². The number of aromatic amines is 1. The number of nitrogens with one attached hydrogen (secondary N) is 1. The number of carbonyl (C=O) groups excluding carboxylic acids is 1. The van der Waals surface area contributed by atoms with Crippen LogP contribution in [-0.4, -0.2) is 24.1 Å². The first-order valence-corrected chi connectivity index (χ1v) is 5.74. The summed E-state index contributed by atoms with van der Waals surface area (Å²) in [5.74, 6) is -0.313. The lowest BCUT2D eigenvalue weighted by molar-refractivity contribution is 0.0519. The normalized spacial score (nSPS) is 10.7. The summed E-state index contributed by atoms with van der Waals surface area (Å²) >= 11 is 0. The molecule has 3 N–H and O–H groups in total. The topological polar surface area (TPSA) is 68.1 Å². The second-order valence-corrected chi connectivity index (χ2v) is 3.78. The molecule has 0 radical (unpaired) electrons. The minimum absolute atomic E-state index is 0.313. The third-order valence-corrected chi connectivity index (χ3v) is 2.69. The first-order valence-electron chi connectivity index (χ1n) is 5.74. The molecule has 1 aromatic heterocycles. The van der Waals surface area contributed by atoms with Crippen molar-refractivity contribution in [2.75, 3.05) is 13.2 Å². The molecule has 0 atom stereocenters. The molecule has 2 rings (SSSR count). The Kier molecular flexibility index (Phi) is 3.44. The standard InChI is InChI=1S/C13H16N2O2/c1-2-17-13(16)12-10(7-8-14)9-5-3-4-6-11(9)15-12/h3-6,15H,2,7-8,14H2,1H3. The molecule has 2 aromatic rings. The number of hydrogen-bond donors (Lipinski definition) is 2. The highest BCUT2D eigenvalue weighted by Crippen LogP contribution is 2.23. The summed E-state index contributed by atoms with van der Waals surface area (Å²) in [5, 5.41) is 1.04. The molecule has 0 saturated carbocycles. The maximum absolute atomic E-state index is 11.8. The van der Waals surface area contributed by atoms with Crippen molar-refractivity contribution in [1.82, 2.24) is 4.98 Å². The number of rotatable bonds is 4. The summed E-state index contributed by atoms with van der Waals surface area (Å²) in [6, 6.07) is 7.81. The van der Waals surface area contributed by atoms with Crippen LogP contribution in [0.15, 0.2) is 24.3 Å². The quantitative estimate of drug-likeness (QED) is 0.790. The predicted octanol–water partition coefficient (Wildman–Crippen LogP) is 1.85. The van der Waals surface area contributed by atoms with Crippen molar-refractivity contribution in [2.45, 2.75) is 13.3 Å². The molecule has 0 aliphatic heterocycles. The first kappa shape index (κ1) is 11.7. The molecule has 0 amide bonds. The van der Waals surface area contributed by atoms with E-state index >= 15 is 0 Å². The van der Waals surface area contributed by atoms with E-state index in [2.05, 4.69) is 4.98 Å². The Hall–Kier alpha value is -1.81. The molecule has 0 spiro atoms. The summed E-state index contributed by atoms with van der Waals surface area (Å²) in [4.78, 5) is 14.9. The van der Waals surface area contributed by atoms with Crippen LogP contribution in [0, 0.1) is 0 Å². The van der Waals surface area contributed by atoms with Gasteiger partial charge in [-0.2, -0.15) is 0 Å². The van der Waals surface area contributed by atoms with Crippen molar-refractivity contribution in [1.29, 1.82) is 0 Å². The summed E-state index contributed by atoms with van der Waals surface area (Å²) in [5.41, 5.74) is 8.00. The van der Waals surface area contributed by atoms with E-state index < -0.39 is 0 Å². The van der Waals surface area contributed by atoms with Gasteiger partial charge in [0.05, 0.1) is 6.61 Å². The number of para-hydroxylation sites is 1. The maximum Gasteiger partial charge on any atom is 0.355 e. The van der Waals surface area contributed by atoms with E-state index in [0.29, 0.717) is 25.3 Å². The summed E-state index contributed by atoms with van der Waals surface area (Å²) in [6.45, 7) is 2.67. The number of nitrogens with two attached hydrogens (primary N) is 1. The van der Waals surface area contributed by atoms with Crippen LogP contribution in [-0.2, 0) is 11.2 Å². The minimum Gasteiger partial charge on any atom is -0.461 e. The smallest absolute Gasteiger partial charge is 0.355 e. The SMILES string of the molecule is CCOC(=O)c1[nH]c2ccccc2c1CCN. The van der Waals surface area contributed by atoms with Crippen molar-refractivity contribution in [2.24, 2.45) is 5.73 Å². The molecular formula is C13H16N2O2. The van der Waals surface area contributed by atoms with Gasteiger partial charge in [0.1, 0.15) is 5.69 Å². The Balaban J connectivity index is 2.53. The van der Waals surface area contributed by atoms with Gasteiger partial charge in [0.2, 0.25) is 0 Å². The number of esters is 1. The molecule has 0 aliphatic rings. The molecule has 1 heterocycles. The van der Waals surface area contributed by atoms with Gasteiger partial charge in [-0.15, -0.1) is 0 Å². The van der Waals surface area contributed by atoms with E-state index in [0.717, 1.165) is 16.5 Å². The summed E-state index contributed by atoms with van der Waals surface area (Å²) < 4.78 is 5.03. The lowest BCUT2D eigenvalue weighted by Gasteiger charge is -2.02. The fourth-order valence-corrected chi connectivity index (χ4v) is 1.98. The zero-order valence-corrected chi connectivity index (χ0v) is 9.82. The average Bonchev–Trinajstić information content (AvgIpc) is 2.70. The third kappa shape index (κ3) is 2.17. The lowest BCUT2D eigenvalue weighted by atomic mass is 10.1. The van der Waals surface area contributed by atoms with E-state index in [1.54, 1.807) is 6.92 Å². The second kappa shape index (κ2) is 5.01. The molecule has 0 saturated heterocycles. The summed E-state index contributed by atoms with van der Waals surface area (Å²) in [6.07, 6.45) is 0.665. The largest absolute Gasteiger partial charge is 0.461 e. The predicted molar refractivity (Wildman–Crippen MR) is 67.0 cm³/mol. The molecule has 4 heteroatoms. The fraction of sp³-hybridized carbons (Fsp3) is 0.308. The molecule has 90 valence electrons. The fourth-order valence-electron chi connectivity index (χ4n) is 1.98. The molecule has 0 fully saturated rings. The minimum atomic E-state index is -0.313. The Morgan fingerprint density at radius 2 is 2.18 bits per heavy atom. The number of carbonyl (C=O) groups is 1. The molecule has 4 nitrogen and oxygen atoms in total. The van der Waals surface area contributed by atoms with E-state index in [-0.39, 0.29) is 5.97 Å². The van der Waals surface area contributed by atoms with Crippen LogP contribution in [0.3, 0.4) is 0 Å². The maximum atomic E-state index is 11.8. The number of H-pyrrole nitrogens is 1. The highest BCUT2D eigenvalue weighted by atomic mass is 16.5. The van der Waals surface area contributed by atoms with E-state index in [1.165, 1.54) is 0 Å². The molecule has 0 aliphatic carbocycles. The van der Waals surface area contributed by atoms with Gasteiger partial charge in [-0.3, -0.25) is 0 Å². The van der Waals surface area contributed by atoms with Gasteiger partial charge < -0.3 is 15.5 Å². The van der Waals surface area contributed by atoms with E-state index in [9.17, 15) is 4.79 Å². The number of hydrogen-bond acceptors (Lipinski definition) is 3. The van der Waals surface area contributed by atoms with E-state index in [1.807, 2.05) is 24.3 Å². The van der Waals surface area contributed by atoms with Crippen LogP contribution < -0.4 is 5.73 Å². The van der Waals surface area contributed by atoms with Crippen molar-refractivity contribution >= 4 is 16.9 Å². The third-order valence-electron chi connectivity index (χ3n) is 2.69. The Labute approximate surface area is 99.8 Å². The Morgan fingerprint density at radius 3 is 2.88 bits per heavy atom. The Morgan fingerprint density at radius 1 is 1.41 bits per heavy atom. The molecule has 0 unspecified atom stereocenters. The van der Waals surface area contributed by atoms with Gasteiger partial charge in [-0.05, 0) is 31.5 Å². The van der Waals surface area contributed by atoms with Crippen molar-refractivity contribution in [3.8, 4) is 0 Å². The molecule has 1 aromatic carbocycles. The van der Waals surface area contributed by atoms with Gasteiger partial charge in [0.15, 0.2) is 0 Å². The van der Waals surface area contributed by atoms with Crippen LogP contribution in [0.2, 0.25) is 0 Å². The number of aromatic nitrogens is 1. The van der Waals surface area contributed by atoms with Crippen LogP contribution in [0.25, 0.3) is 10.9 Å². The van der Waals surface area contributed by atoms with Crippen LogP contribution >= 0.6 is 0 Å². The average molecular weight is 232 g/mol. The zero-order valence-electron chi connectivity index (χ0n) is 9.82. The van der Waals surface area contributed by atoms with Gasteiger partial charge in [0.25, 0.3) is 0 Å². The van der Waals surface area contributed by atoms with Crippen LogP contribution in [0.1, 0.15) is 23.0 Å². The van der Waals surface area contributed by atoms with Crippen LogP contribution in [0.4, 0.5) is 0 Å². The number of fused-ring (bicyclic) bond motifs is 1. The zero-order chi connectivity index (χ0) is 12.3. The second-order valence-electron chi connectivity index (χ2n) is 3.78. The van der Waals surface area contributed by atoms with Gasteiger partial charge in [0, 0.05) is 10.9 Å². The Bertz CT molecular complexity index is 531. The first-order chi connectivity index (χ1) is 8.27. The molecular weight excluding hydrogens is 216 g/mol. The van der Waals surface area contributed by atoms with Gasteiger partial charge >= 0.3 is 5.97 Å². The highest BCUT2D eigenvalue weighted by molar-refractivity contribution is 5.98. The highest BCUT2D eigenvalue weighted by Gasteiger charge is 2.17. The van der Waals surface area contributed by atoms with Crippen molar-refractivity contribution in [3.63, 3.8) is 0 Å². The van der Waals surface area contributed by atoms with E-state index in [4.69, 9.17) is 10.5 Å². The molecule has 0 bridgehead atoms. The van der Waals surface area contributed by atoms with Crippen molar-refractivity contribution < 1.29 is 9.53 Å². The van der Waals surface area contributed by atoms with Crippen LogP contribution in [0.5, 0.6) is 0 Å². The van der Waals surface area contributed by atoms with Gasteiger partial charge in [-0.25, -0.2) is 4.79 Å². The number of benzene rings is 1. The monoisotopic (exact) mass is 232 g/mol. The molecule has 17 heavy (non-hydrogen) atoms. The summed E-state index contributed by atoms with van der Waals surface area (Å²) in [7, 11) is 0. The number of ether oxygens (including phenoxy) is 1. The lowest BCUT2D eigenvalue weighted by Crippen LogP contribution is -2.10.